The van der Waals surface area contributed by atoms with E-state index in [1.807, 2.05) is 44.2 Å². The number of benzene rings is 1. The molecule has 1 aliphatic heterocycles. The van der Waals surface area contributed by atoms with Gasteiger partial charge in [-0.2, -0.15) is 0 Å². The number of aliphatic hydroxyl groups is 1. The highest BCUT2D eigenvalue weighted by Crippen LogP contribution is 2.38. The summed E-state index contributed by atoms with van der Waals surface area (Å²) in [5.74, 6) is 0. The molecule has 2 rings (SSSR count). The molecule has 0 bridgehead atoms. The second kappa shape index (κ2) is 12.4. The predicted molar refractivity (Wildman–Crippen MR) is 89.9 cm³/mol. The molecule has 3 atom stereocenters. The van der Waals surface area contributed by atoms with Crippen LogP contribution in [-0.4, -0.2) is 41.4 Å². The number of rotatable bonds is 4. The number of hydrogen-bond acceptors (Lipinski definition) is 5. The van der Waals surface area contributed by atoms with Crippen LogP contribution < -0.4 is 0 Å². The van der Waals surface area contributed by atoms with E-state index in [1.54, 1.807) is 7.11 Å². The SMILES string of the molecule is CC.CF.CO[C@H]1CC(c2ccccc2)OC1/C=C(\O)P(O)O. The van der Waals surface area contributed by atoms with Crippen LogP contribution in [0.5, 0.6) is 0 Å². The second-order valence-corrected chi connectivity index (χ2v) is 5.36. The summed E-state index contributed by atoms with van der Waals surface area (Å²) in [6.45, 7) is 4.00. The van der Waals surface area contributed by atoms with Crippen LogP contribution in [0.15, 0.2) is 41.9 Å². The standard InChI is InChI=1S/C13H17O5P.C2H6.CH3F/c1-17-11-7-10(9-5-3-2-4-6-9)18-12(11)8-13(14)19(15)16;2*1-2/h2-6,8,10-12,14-16H,7H2,1H3;1-2H3;1H3/b13-8+;;/t10?,11-,12?;;/m0../s1. The van der Waals surface area contributed by atoms with Crippen LogP contribution in [0.4, 0.5) is 4.39 Å². The third-order valence-electron chi connectivity index (χ3n) is 3.13. The van der Waals surface area contributed by atoms with Crippen molar-refractivity contribution < 1.29 is 28.8 Å². The summed E-state index contributed by atoms with van der Waals surface area (Å²) < 4.78 is 20.6. The summed E-state index contributed by atoms with van der Waals surface area (Å²) >= 11 is 0. The van der Waals surface area contributed by atoms with Crippen molar-refractivity contribution in [2.45, 2.75) is 38.6 Å². The smallest absolute Gasteiger partial charge is 0.236 e. The molecule has 1 saturated heterocycles. The number of ether oxygens (including phenoxy) is 2. The number of hydrogen-bond donors (Lipinski definition) is 3. The van der Waals surface area contributed by atoms with Crippen molar-refractivity contribution in [2.75, 3.05) is 14.3 Å². The van der Waals surface area contributed by atoms with Gasteiger partial charge in [-0.15, -0.1) is 0 Å². The van der Waals surface area contributed by atoms with E-state index in [0.717, 1.165) is 5.56 Å². The van der Waals surface area contributed by atoms with Gasteiger partial charge in [0, 0.05) is 13.5 Å². The number of aliphatic hydroxyl groups excluding tert-OH is 1. The minimum absolute atomic E-state index is 0.121. The van der Waals surface area contributed by atoms with E-state index < -0.39 is 20.0 Å². The molecule has 7 heteroatoms. The Morgan fingerprint density at radius 1 is 1.26 bits per heavy atom. The van der Waals surface area contributed by atoms with Crippen molar-refractivity contribution in [1.29, 1.82) is 0 Å². The molecule has 0 saturated carbocycles. The lowest BCUT2D eigenvalue weighted by molar-refractivity contribution is 0.0206. The maximum Gasteiger partial charge on any atom is 0.236 e. The van der Waals surface area contributed by atoms with E-state index in [1.165, 1.54) is 6.08 Å². The van der Waals surface area contributed by atoms with Gasteiger partial charge in [0.05, 0.1) is 19.4 Å². The largest absolute Gasteiger partial charge is 0.503 e. The summed E-state index contributed by atoms with van der Waals surface area (Å²) in [6, 6.07) is 9.73. The third kappa shape index (κ3) is 6.94. The van der Waals surface area contributed by atoms with Crippen LogP contribution in [-0.2, 0) is 9.47 Å². The Labute approximate surface area is 138 Å². The van der Waals surface area contributed by atoms with E-state index in [4.69, 9.17) is 19.3 Å². The Morgan fingerprint density at radius 3 is 2.30 bits per heavy atom. The highest BCUT2D eigenvalue weighted by atomic mass is 31.2. The highest BCUT2D eigenvalue weighted by Gasteiger charge is 2.35. The molecule has 1 aliphatic rings. The molecule has 0 spiro atoms. The molecular weight excluding hydrogens is 322 g/mol. The Morgan fingerprint density at radius 2 is 1.83 bits per heavy atom. The van der Waals surface area contributed by atoms with Crippen LogP contribution in [0.25, 0.3) is 0 Å². The molecule has 1 aromatic rings. The monoisotopic (exact) mass is 348 g/mol. The van der Waals surface area contributed by atoms with Gasteiger partial charge < -0.3 is 24.4 Å². The number of alkyl halides is 1. The topological polar surface area (TPSA) is 79.2 Å². The molecule has 132 valence electrons. The van der Waals surface area contributed by atoms with Crippen LogP contribution in [0, 0.1) is 0 Å². The fourth-order valence-electron chi connectivity index (χ4n) is 2.15. The van der Waals surface area contributed by atoms with Crippen molar-refractivity contribution >= 4 is 8.38 Å². The van der Waals surface area contributed by atoms with E-state index in [2.05, 4.69) is 0 Å². The Kier molecular flexibility index (Phi) is 11.8. The molecule has 0 aliphatic carbocycles. The molecule has 1 fully saturated rings. The molecule has 2 unspecified atom stereocenters. The van der Waals surface area contributed by atoms with Crippen molar-refractivity contribution in [1.82, 2.24) is 0 Å². The van der Waals surface area contributed by atoms with Gasteiger partial charge in [0.15, 0.2) is 5.50 Å². The first-order valence-electron chi connectivity index (χ1n) is 7.31. The van der Waals surface area contributed by atoms with E-state index in [-0.39, 0.29) is 12.2 Å². The van der Waals surface area contributed by atoms with Crippen molar-refractivity contribution in [2.24, 2.45) is 0 Å². The maximum absolute atomic E-state index is 9.50. The Balaban J connectivity index is 0.00000112. The van der Waals surface area contributed by atoms with Gasteiger partial charge in [0.2, 0.25) is 8.38 Å². The Bertz CT molecular complexity index is 441. The summed E-state index contributed by atoms with van der Waals surface area (Å²) in [5.41, 5.74) is 0.575. The van der Waals surface area contributed by atoms with Crippen molar-refractivity contribution in [3.63, 3.8) is 0 Å². The molecule has 0 radical (unpaired) electrons. The predicted octanol–water partition coefficient (Wildman–Crippen LogP) is 3.84. The molecule has 1 aromatic carbocycles. The molecule has 1 heterocycles. The maximum atomic E-state index is 9.50. The van der Waals surface area contributed by atoms with Gasteiger partial charge in [-0.05, 0) is 11.6 Å². The van der Waals surface area contributed by atoms with Crippen LogP contribution in [0.3, 0.4) is 0 Å². The highest BCUT2D eigenvalue weighted by molar-refractivity contribution is 7.49. The zero-order valence-corrected chi connectivity index (χ0v) is 14.8. The average Bonchev–Trinajstić information content (AvgIpc) is 3.02. The lowest BCUT2D eigenvalue weighted by Gasteiger charge is -2.14. The number of methoxy groups -OCH3 is 1. The average molecular weight is 348 g/mol. The first-order chi connectivity index (χ1) is 11.1. The molecule has 0 aromatic heterocycles. The van der Waals surface area contributed by atoms with E-state index in [0.29, 0.717) is 13.6 Å². The fraction of sp³-hybridized carbons (Fsp3) is 0.500. The van der Waals surface area contributed by atoms with Crippen LogP contribution in [0.2, 0.25) is 0 Å². The first kappa shape index (κ1) is 22.0. The lowest BCUT2D eigenvalue weighted by atomic mass is 10.0. The summed E-state index contributed by atoms with van der Waals surface area (Å²) in [7, 11) is -0.420. The van der Waals surface area contributed by atoms with Gasteiger partial charge >= 0.3 is 0 Å². The lowest BCUT2D eigenvalue weighted by Crippen LogP contribution is -2.21. The zero-order valence-electron chi connectivity index (χ0n) is 13.9. The van der Waals surface area contributed by atoms with Gasteiger partial charge in [-0.3, -0.25) is 4.39 Å². The molecule has 3 N–H and O–H groups in total. The van der Waals surface area contributed by atoms with Crippen LogP contribution >= 0.6 is 8.38 Å². The summed E-state index contributed by atoms with van der Waals surface area (Å²) in [6.07, 6.45) is 1.14. The fourth-order valence-corrected chi connectivity index (χ4v) is 2.43. The quantitative estimate of drug-likeness (QED) is 0.569. The number of halogens is 1. The summed E-state index contributed by atoms with van der Waals surface area (Å²) in [4.78, 5) is 17.9. The van der Waals surface area contributed by atoms with Gasteiger partial charge in [0.1, 0.15) is 6.10 Å². The zero-order chi connectivity index (χ0) is 17.8. The van der Waals surface area contributed by atoms with Crippen LogP contribution in [0.1, 0.15) is 31.9 Å². The van der Waals surface area contributed by atoms with E-state index in [9.17, 15) is 9.50 Å². The van der Waals surface area contributed by atoms with Gasteiger partial charge in [-0.1, -0.05) is 44.2 Å². The van der Waals surface area contributed by atoms with E-state index >= 15 is 0 Å². The minimum atomic E-state index is -2.49. The second-order valence-electron chi connectivity index (χ2n) is 4.32. The van der Waals surface area contributed by atoms with Crippen molar-refractivity contribution in [3.8, 4) is 0 Å². The molecule has 23 heavy (non-hydrogen) atoms. The normalized spacial score (nSPS) is 23.7. The van der Waals surface area contributed by atoms with Gasteiger partial charge in [-0.25, -0.2) is 0 Å². The molecular formula is C16H26FO5P. The summed E-state index contributed by atoms with van der Waals surface area (Å²) in [5, 5.41) is 9.41. The van der Waals surface area contributed by atoms with Gasteiger partial charge in [0.25, 0.3) is 0 Å². The Hall–Kier alpha value is -1.04. The molecule has 5 nitrogen and oxygen atoms in total. The molecule has 0 amide bonds. The minimum Gasteiger partial charge on any atom is -0.503 e. The van der Waals surface area contributed by atoms with Crippen molar-refractivity contribution in [3.05, 3.63) is 47.5 Å². The first-order valence-corrected chi connectivity index (χ1v) is 8.56. The third-order valence-corrected chi connectivity index (χ3v) is 3.69.